The Morgan fingerprint density at radius 2 is 1.75 bits per heavy atom. The SMILES string of the molecule is CC(NCc1cncnc1)c1cccc2ccccc12. The minimum absolute atomic E-state index is 0.279. The van der Waals surface area contributed by atoms with E-state index in [1.54, 1.807) is 6.33 Å². The minimum Gasteiger partial charge on any atom is -0.306 e. The van der Waals surface area contributed by atoms with E-state index in [4.69, 9.17) is 0 Å². The standard InChI is InChI=1S/C17H17N3/c1-13(20-11-14-9-18-12-19-10-14)16-8-4-6-15-5-2-3-7-17(15)16/h2-10,12-13,20H,11H2,1H3. The molecule has 2 aromatic carbocycles. The molecule has 3 nitrogen and oxygen atoms in total. The summed E-state index contributed by atoms with van der Waals surface area (Å²) in [4.78, 5) is 8.07. The lowest BCUT2D eigenvalue weighted by Crippen LogP contribution is -2.18. The van der Waals surface area contributed by atoms with Crippen LogP contribution in [0, 0.1) is 0 Å². The summed E-state index contributed by atoms with van der Waals surface area (Å²) in [5, 5.41) is 6.11. The Hall–Kier alpha value is -2.26. The minimum atomic E-state index is 0.279. The number of nitrogens with zero attached hydrogens (tertiary/aromatic N) is 2. The van der Waals surface area contributed by atoms with E-state index >= 15 is 0 Å². The summed E-state index contributed by atoms with van der Waals surface area (Å²) < 4.78 is 0. The summed E-state index contributed by atoms with van der Waals surface area (Å²) in [6, 6.07) is 15.2. The Morgan fingerprint density at radius 3 is 2.60 bits per heavy atom. The first-order valence-corrected chi connectivity index (χ1v) is 6.79. The third kappa shape index (κ3) is 2.68. The highest BCUT2D eigenvalue weighted by molar-refractivity contribution is 5.86. The van der Waals surface area contributed by atoms with Crippen molar-refractivity contribution in [3.8, 4) is 0 Å². The van der Waals surface area contributed by atoms with Crippen LogP contribution in [-0.2, 0) is 6.54 Å². The fourth-order valence-electron chi connectivity index (χ4n) is 2.43. The van der Waals surface area contributed by atoms with E-state index in [2.05, 4.69) is 64.7 Å². The van der Waals surface area contributed by atoms with Gasteiger partial charge in [0.15, 0.2) is 0 Å². The number of nitrogens with one attached hydrogen (secondary N) is 1. The molecule has 0 amide bonds. The Labute approximate surface area is 118 Å². The highest BCUT2D eigenvalue weighted by Crippen LogP contribution is 2.24. The van der Waals surface area contributed by atoms with Crippen molar-refractivity contribution in [2.45, 2.75) is 19.5 Å². The van der Waals surface area contributed by atoms with E-state index in [-0.39, 0.29) is 6.04 Å². The Morgan fingerprint density at radius 1 is 1.00 bits per heavy atom. The van der Waals surface area contributed by atoms with Crippen LogP contribution >= 0.6 is 0 Å². The van der Waals surface area contributed by atoms with E-state index in [1.165, 1.54) is 16.3 Å². The zero-order chi connectivity index (χ0) is 13.8. The van der Waals surface area contributed by atoms with Gasteiger partial charge < -0.3 is 5.32 Å². The lowest BCUT2D eigenvalue weighted by Gasteiger charge is -2.16. The third-order valence-electron chi connectivity index (χ3n) is 3.52. The Bertz CT molecular complexity index is 689. The maximum atomic E-state index is 4.03. The first-order valence-electron chi connectivity index (χ1n) is 6.79. The van der Waals surface area contributed by atoms with Gasteiger partial charge in [0.25, 0.3) is 0 Å². The first-order chi connectivity index (χ1) is 9.84. The zero-order valence-corrected chi connectivity index (χ0v) is 11.5. The molecule has 1 heterocycles. The molecule has 1 N–H and O–H groups in total. The van der Waals surface area contributed by atoms with Crippen LogP contribution in [0.1, 0.15) is 24.1 Å². The van der Waals surface area contributed by atoms with Crippen LogP contribution in [0.15, 0.2) is 61.2 Å². The van der Waals surface area contributed by atoms with Crippen molar-refractivity contribution >= 4 is 10.8 Å². The second-order valence-corrected chi connectivity index (χ2v) is 4.92. The molecule has 3 heteroatoms. The van der Waals surface area contributed by atoms with Gasteiger partial charge in [-0.15, -0.1) is 0 Å². The van der Waals surface area contributed by atoms with Crippen molar-refractivity contribution in [1.29, 1.82) is 0 Å². The smallest absolute Gasteiger partial charge is 0.115 e. The lowest BCUT2D eigenvalue weighted by molar-refractivity contribution is 0.576. The van der Waals surface area contributed by atoms with E-state index in [0.717, 1.165) is 12.1 Å². The van der Waals surface area contributed by atoms with Gasteiger partial charge in [0, 0.05) is 30.5 Å². The predicted octanol–water partition coefficient (Wildman–Crippen LogP) is 3.48. The largest absolute Gasteiger partial charge is 0.306 e. The Balaban J connectivity index is 1.80. The van der Waals surface area contributed by atoms with Gasteiger partial charge in [0.05, 0.1) is 0 Å². The van der Waals surface area contributed by atoms with Crippen LogP contribution in [0.2, 0.25) is 0 Å². The van der Waals surface area contributed by atoms with E-state index in [0.29, 0.717) is 0 Å². The van der Waals surface area contributed by atoms with Crippen molar-refractivity contribution in [2.75, 3.05) is 0 Å². The molecule has 0 aliphatic carbocycles. The number of benzene rings is 2. The van der Waals surface area contributed by atoms with Gasteiger partial charge in [-0.1, -0.05) is 42.5 Å². The molecule has 3 aromatic rings. The summed E-state index contributed by atoms with van der Waals surface area (Å²) in [5.74, 6) is 0. The van der Waals surface area contributed by atoms with Crippen molar-refractivity contribution in [3.05, 3.63) is 72.3 Å². The molecular formula is C17H17N3. The maximum Gasteiger partial charge on any atom is 0.115 e. The molecule has 0 saturated heterocycles. The number of aromatic nitrogens is 2. The van der Waals surface area contributed by atoms with E-state index < -0.39 is 0 Å². The fourth-order valence-corrected chi connectivity index (χ4v) is 2.43. The molecule has 20 heavy (non-hydrogen) atoms. The molecule has 0 spiro atoms. The van der Waals surface area contributed by atoms with Crippen molar-refractivity contribution in [2.24, 2.45) is 0 Å². The number of rotatable bonds is 4. The molecule has 0 aliphatic rings. The molecule has 0 aliphatic heterocycles. The molecule has 3 rings (SSSR count). The van der Waals surface area contributed by atoms with Crippen LogP contribution in [-0.4, -0.2) is 9.97 Å². The van der Waals surface area contributed by atoms with Gasteiger partial charge in [0.1, 0.15) is 6.33 Å². The summed E-state index contributed by atoms with van der Waals surface area (Å²) in [7, 11) is 0. The summed E-state index contributed by atoms with van der Waals surface area (Å²) >= 11 is 0. The third-order valence-corrected chi connectivity index (χ3v) is 3.52. The maximum absolute atomic E-state index is 4.03. The number of hydrogen-bond donors (Lipinski definition) is 1. The molecule has 100 valence electrons. The van der Waals surface area contributed by atoms with Gasteiger partial charge in [-0.2, -0.15) is 0 Å². The highest BCUT2D eigenvalue weighted by atomic mass is 14.9. The number of hydrogen-bond acceptors (Lipinski definition) is 3. The van der Waals surface area contributed by atoms with Gasteiger partial charge >= 0.3 is 0 Å². The van der Waals surface area contributed by atoms with Gasteiger partial charge in [-0.25, -0.2) is 9.97 Å². The van der Waals surface area contributed by atoms with Crippen LogP contribution in [0.4, 0.5) is 0 Å². The summed E-state index contributed by atoms with van der Waals surface area (Å²) in [5.41, 5.74) is 2.42. The molecule has 0 bridgehead atoms. The molecule has 0 fully saturated rings. The lowest BCUT2D eigenvalue weighted by atomic mass is 9.99. The topological polar surface area (TPSA) is 37.8 Å². The van der Waals surface area contributed by atoms with Crippen LogP contribution in [0.3, 0.4) is 0 Å². The van der Waals surface area contributed by atoms with E-state index in [1.807, 2.05) is 12.4 Å². The first kappa shape index (κ1) is 12.8. The fraction of sp³-hybridized carbons (Fsp3) is 0.176. The highest BCUT2D eigenvalue weighted by Gasteiger charge is 2.08. The molecule has 1 aromatic heterocycles. The average Bonchev–Trinajstić information content (AvgIpc) is 2.53. The second-order valence-electron chi connectivity index (χ2n) is 4.92. The summed E-state index contributed by atoms with van der Waals surface area (Å²) in [6.45, 7) is 2.96. The van der Waals surface area contributed by atoms with Crippen LogP contribution in [0.5, 0.6) is 0 Å². The predicted molar refractivity (Wildman–Crippen MR) is 81.2 cm³/mol. The van der Waals surface area contributed by atoms with Gasteiger partial charge in [-0.3, -0.25) is 0 Å². The van der Waals surface area contributed by atoms with Gasteiger partial charge in [-0.05, 0) is 23.3 Å². The molecular weight excluding hydrogens is 246 g/mol. The van der Waals surface area contributed by atoms with E-state index in [9.17, 15) is 0 Å². The monoisotopic (exact) mass is 263 g/mol. The van der Waals surface area contributed by atoms with Crippen molar-refractivity contribution in [3.63, 3.8) is 0 Å². The van der Waals surface area contributed by atoms with Gasteiger partial charge in [0.2, 0.25) is 0 Å². The summed E-state index contributed by atoms with van der Waals surface area (Å²) in [6.07, 6.45) is 5.24. The molecule has 1 atom stereocenters. The average molecular weight is 263 g/mol. The van der Waals surface area contributed by atoms with Crippen molar-refractivity contribution < 1.29 is 0 Å². The van der Waals surface area contributed by atoms with Crippen LogP contribution in [0.25, 0.3) is 10.8 Å². The molecule has 1 unspecified atom stereocenters. The molecule has 0 radical (unpaired) electrons. The zero-order valence-electron chi connectivity index (χ0n) is 11.5. The molecule has 0 saturated carbocycles. The van der Waals surface area contributed by atoms with Crippen LogP contribution < -0.4 is 5.32 Å². The normalized spacial score (nSPS) is 12.4. The second kappa shape index (κ2) is 5.80. The Kier molecular flexibility index (Phi) is 3.70. The van der Waals surface area contributed by atoms with Crippen molar-refractivity contribution in [1.82, 2.24) is 15.3 Å². The number of fused-ring (bicyclic) bond motifs is 1. The quantitative estimate of drug-likeness (QED) is 0.783.